The summed E-state index contributed by atoms with van der Waals surface area (Å²) in [7, 11) is 0. The van der Waals surface area contributed by atoms with Crippen LogP contribution in [0, 0.1) is 13.8 Å². The van der Waals surface area contributed by atoms with Crippen molar-refractivity contribution < 1.29 is 18.8 Å². The topological polar surface area (TPSA) is 93.5 Å². The minimum atomic E-state index is -0.438. The minimum absolute atomic E-state index is 0.189. The van der Waals surface area contributed by atoms with Gasteiger partial charge in [0.25, 0.3) is 11.8 Å². The number of rotatable bonds is 5. The van der Waals surface area contributed by atoms with Crippen LogP contribution in [0.4, 0.5) is 11.6 Å². The summed E-state index contributed by atoms with van der Waals surface area (Å²) in [6, 6.07) is 14.8. The summed E-state index contributed by atoms with van der Waals surface area (Å²) in [5.41, 5.74) is 4.17. The van der Waals surface area contributed by atoms with Gasteiger partial charge in [-0.3, -0.25) is 14.9 Å². The molecule has 154 valence electrons. The molecule has 2 N–H and O–H groups in total. The molecule has 1 aliphatic heterocycles. The molecular formula is C23H23N3O4. The fourth-order valence-electron chi connectivity index (χ4n) is 3.47. The molecule has 1 unspecified atom stereocenters. The molecule has 1 aliphatic rings. The number of hydrogen-bond donors (Lipinski definition) is 2. The summed E-state index contributed by atoms with van der Waals surface area (Å²) in [5.74, 6) is -0.254. The predicted octanol–water partition coefficient (Wildman–Crippen LogP) is 4.33. The molecule has 7 nitrogen and oxygen atoms in total. The molecule has 30 heavy (non-hydrogen) atoms. The number of hydrogen-bond acceptors (Lipinski definition) is 5. The lowest BCUT2D eigenvalue weighted by molar-refractivity contribution is -0.124. The van der Waals surface area contributed by atoms with E-state index in [9.17, 15) is 9.59 Å². The van der Waals surface area contributed by atoms with E-state index in [1.807, 2.05) is 44.2 Å². The highest BCUT2D eigenvalue weighted by Gasteiger charge is 2.24. The molecule has 2 aromatic carbocycles. The van der Waals surface area contributed by atoms with E-state index in [0.29, 0.717) is 30.0 Å². The number of nitrogens with one attached hydrogen (secondary N) is 2. The number of nitrogens with zero attached hydrogens (tertiary/aromatic N) is 1. The fourth-order valence-corrected chi connectivity index (χ4v) is 3.47. The van der Waals surface area contributed by atoms with Crippen LogP contribution < -0.4 is 10.6 Å². The van der Waals surface area contributed by atoms with Gasteiger partial charge in [-0.05, 0) is 49.9 Å². The smallest absolute Gasteiger partial charge is 0.258 e. The first-order chi connectivity index (χ1) is 14.5. The molecule has 2 amide bonds. The molecule has 0 radical (unpaired) electrons. The van der Waals surface area contributed by atoms with Crippen LogP contribution in [0.25, 0.3) is 11.1 Å². The van der Waals surface area contributed by atoms with Crippen LogP contribution in [0.5, 0.6) is 0 Å². The highest BCUT2D eigenvalue weighted by Crippen LogP contribution is 2.31. The number of amides is 2. The number of carbonyl (C=O) groups excluding carboxylic acids is 2. The van der Waals surface area contributed by atoms with Crippen LogP contribution in [0.3, 0.4) is 0 Å². The Labute approximate surface area is 174 Å². The Morgan fingerprint density at radius 1 is 1.07 bits per heavy atom. The number of aromatic nitrogens is 1. The zero-order valence-electron chi connectivity index (χ0n) is 16.9. The van der Waals surface area contributed by atoms with E-state index in [4.69, 9.17) is 9.26 Å². The summed E-state index contributed by atoms with van der Waals surface area (Å²) >= 11 is 0. The number of carbonyl (C=O) groups is 2. The van der Waals surface area contributed by atoms with E-state index in [1.54, 1.807) is 18.2 Å². The molecule has 1 saturated heterocycles. The van der Waals surface area contributed by atoms with Crippen LogP contribution in [-0.2, 0) is 9.53 Å². The van der Waals surface area contributed by atoms with Crippen LogP contribution in [0.2, 0.25) is 0 Å². The van der Waals surface area contributed by atoms with Crippen molar-refractivity contribution in [3.8, 4) is 11.1 Å². The maximum atomic E-state index is 12.9. The minimum Gasteiger partial charge on any atom is -0.368 e. The second kappa shape index (κ2) is 8.51. The second-order valence-corrected chi connectivity index (χ2v) is 7.31. The number of ether oxygens (including phenoxy) is 1. The van der Waals surface area contributed by atoms with Gasteiger partial charge in [0.2, 0.25) is 5.88 Å². The summed E-state index contributed by atoms with van der Waals surface area (Å²) in [4.78, 5) is 25.3. The van der Waals surface area contributed by atoms with Gasteiger partial charge in [-0.25, -0.2) is 0 Å². The molecule has 0 spiro atoms. The van der Waals surface area contributed by atoms with E-state index in [-0.39, 0.29) is 17.7 Å². The van der Waals surface area contributed by atoms with E-state index in [1.165, 1.54) is 0 Å². The zero-order valence-corrected chi connectivity index (χ0v) is 16.9. The van der Waals surface area contributed by atoms with Crippen LogP contribution in [-0.4, -0.2) is 29.7 Å². The van der Waals surface area contributed by atoms with Crippen molar-refractivity contribution in [1.29, 1.82) is 0 Å². The Hall–Kier alpha value is -3.45. The molecule has 1 fully saturated rings. The monoisotopic (exact) mass is 405 g/mol. The first kappa shape index (κ1) is 19.8. The maximum absolute atomic E-state index is 12.9. The first-order valence-corrected chi connectivity index (χ1v) is 9.89. The molecule has 0 bridgehead atoms. The third kappa shape index (κ3) is 4.11. The average Bonchev–Trinajstić information content (AvgIpc) is 3.40. The normalized spacial score (nSPS) is 15.7. The summed E-state index contributed by atoms with van der Waals surface area (Å²) in [6.07, 6.45) is 1.14. The van der Waals surface area contributed by atoms with Gasteiger partial charge in [0.15, 0.2) is 0 Å². The second-order valence-electron chi connectivity index (χ2n) is 7.31. The largest absolute Gasteiger partial charge is 0.368 e. The van der Waals surface area contributed by atoms with Crippen molar-refractivity contribution in [1.82, 2.24) is 5.16 Å². The third-order valence-electron chi connectivity index (χ3n) is 5.13. The quantitative estimate of drug-likeness (QED) is 0.659. The van der Waals surface area contributed by atoms with Crippen molar-refractivity contribution in [2.45, 2.75) is 32.8 Å². The van der Waals surface area contributed by atoms with E-state index >= 15 is 0 Å². The van der Waals surface area contributed by atoms with Crippen LogP contribution >= 0.6 is 0 Å². The Balaban J connectivity index is 1.54. The molecule has 3 aromatic rings. The van der Waals surface area contributed by atoms with Crippen LogP contribution in [0.15, 0.2) is 53.1 Å². The lowest BCUT2D eigenvalue weighted by Gasteiger charge is -2.13. The van der Waals surface area contributed by atoms with E-state index in [2.05, 4.69) is 15.8 Å². The Kier molecular flexibility index (Phi) is 5.63. The maximum Gasteiger partial charge on any atom is 0.258 e. The highest BCUT2D eigenvalue weighted by atomic mass is 16.5. The molecule has 4 rings (SSSR count). The SMILES string of the molecule is Cc1ccc(C(=O)Nc2onc(C)c2-c2ccccc2)cc1NC(=O)C1CCCO1. The van der Waals surface area contributed by atoms with Gasteiger partial charge in [0, 0.05) is 17.9 Å². The van der Waals surface area contributed by atoms with Crippen molar-refractivity contribution in [3.63, 3.8) is 0 Å². The van der Waals surface area contributed by atoms with E-state index < -0.39 is 6.10 Å². The first-order valence-electron chi connectivity index (χ1n) is 9.89. The van der Waals surface area contributed by atoms with Crippen molar-refractivity contribution in [3.05, 3.63) is 65.4 Å². The van der Waals surface area contributed by atoms with Gasteiger partial charge in [-0.1, -0.05) is 41.6 Å². The molecule has 1 atom stereocenters. The van der Waals surface area contributed by atoms with Gasteiger partial charge in [-0.15, -0.1) is 0 Å². The Morgan fingerprint density at radius 3 is 2.60 bits per heavy atom. The molecule has 2 heterocycles. The van der Waals surface area contributed by atoms with Gasteiger partial charge in [0.1, 0.15) is 6.10 Å². The van der Waals surface area contributed by atoms with Crippen molar-refractivity contribution in [2.75, 3.05) is 17.2 Å². The van der Waals surface area contributed by atoms with E-state index in [0.717, 1.165) is 23.1 Å². The zero-order chi connectivity index (χ0) is 21.1. The number of benzene rings is 2. The predicted molar refractivity (Wildman–Crippen MR) is 113 cm³/mol. The van der Waals surface area contributed by atoms with Gasteiger partial charge < -0.3 is 14.6 Å². The number of anilines is 2. The lowest BCUT2D eigenvalue weighted by Crippen LogP contribution is -2.27. The summed E-state index contributed by atoms with van der Waals surface area (Å²) < 4.78 is 10.8. The summed E-state index contributed by atoms with van der Waals surface area (Å²) in [6.45, 7) is 4.30. The van der Waals surface area contributed by atoms with Gasteiger partial charge in [0.05, 0.1) is 11.3 Å². The molecule has 0 saturated carbocycles. The Bertz CT molecular complexity index is 1070. The van der Waals surface area contributed by atoms with Gasteiger partial charge in [-0.2, -0.15) is 0 Å². The van der Waals surface area contributed by atoms with Gasteiger partial charge >= 0.3 is 0 Å². The molecular weight excluding hydrogens is 382 g/mol. The molecule has 1 aromatic heterocycles. The number of aryl methyl sites for hydroxylation is 2. The van der Waals surface area contributed by atoms with Crippen molar-refractivity contribution >= 4 is 23.4 Å². The lowest BCUT2D eigenvalue weighted by atomic mass is 10.1. The standard InChI is InChI=1S/C23H23N3O4/c1-14-10-11-17(13-18(14)24-22(28)19-9-6-12-29-19)21(27)25-23-20(15(2)26-30-23)16-7-4-3-5-8-16/h3-5,7-8,10-11,13,19H,6,9,12H2,1-2H3,(H,24,28)(H,25,27). The fraction of sp³-hybridized carbons (Fsp3) is 0.261. The van der Waals surface area contributed by atoms with Crippen LogP contribution in [0.1, 0.15) is 34.5 Å². The summed E-state index contributed by atoms with van der Waals surface area (Å²) in [5, 5.41) is 9.66. The molecule has 7 heteroatoms. The Morgan fingerprint density at radius 2 is 1.87 bits per heavy atom. The average molecular weight is 405 g/mol. The highest BCUT2D eigenvalue weighted by molar-refractivity contribution is 6.06. The third-order valence-corrected chi connectivity index (χ3v) is 5.13. The van der Waals surface area contributed by atoms with Crippen molar-refractivity contribution in [2.24, 2.45) is 0 Å². The molecule has 0 aliphatic carbocycles.